The molecule has 0 saturated carbocycles. The van der Waals surface area contributed by atoms with Gasteiger partial charge in [-0.05, 0) is 63.8 Å². The van der Waals surface area contributed by atoms with Crippen molar-refractivity contribution in [2.45, 2.75) is 19.4 Å². The Labute approximate surface area is 210 Å². The van der Waals surface area contributed by atoms with Gasteiger partial charge in [0.05, 0.1) is 44.9 Å². The molecule has 1 amide bonds. The van der Waals surface area contributed by atoms with Gasteiger partial charge in [-0.1, -0.05) is 0 Å². The largest absolute Gasteiger partial charge is 0.494 e. The van der Waals surface area contributed by atoms with Gasteiger partial charge in [0, 0.05) is 12.6 Å². The number of hydrogen-bond acceptors (Lipinski definition) is 8. The van der Waals surface area contributed by atoms with Gasteiger partial charge in [-0.25, -0.2) is 0 Å². The van der Waals surface area contributed by atoms with Crippen molar-refractivity contribution in [2.75, 3.05) is 55.1 Å². The fourth-order valence-corrected chi connectivity index (χ4v) is 4.65. The zero-order valence-corrected chi connectivity index (χ0v) is 21.5. The van der Waals surface area contributed by atoms with Crippen LogP contribution in [0.3, 0.4) is 0 Å². The average Bonchev–Trinajstić information content (AvgIpc) is 3.14. The molecule has 9 heteroatoms. The third-order valence-corrected chi connectivity index (χ3v) is 6.26. The van der Waals surface area contributed by atoms with E-state index in [-0.39, 0.29) is 17.1 Å². The van der Waals surface area contributed by atoms with Crippen molar-refractivity contribution in [3.8, 4) is 23.0 Å². The van der Waals surface area contributed by atoms with Crippen LogP contribution in [0.15, 0.2) is 39.5 Å². The molecule has 1 aliphatic rings. The van der Waals surface area contributed by atoms with Gasteiger partial charge in [0.25, 0.3) is 5.91 Å². The van der Waals surface area contributed by atoms with Gasteiger partial charge in [-0.15, -0.1) is 0 Å². The van der Waals surface area contributed by atoms with Crippen molar-refractivity contribution in [3.05, 3.63) is 57.4 Å². The predicted octanol–water partition coefficient (Wildman–Crippen LogP) is 3.71. The molecule has 0 fully saturated rings. The number of ether oxygens (including phenoxy) is 4. The van der Waals surface area contributed by atoms with Gasteiger partial charge in [0.2, 0.25) is 11.5 Å². The molecule has 192 valence electrons. The van der Waals surface area contributed by atoms with E-state index in [1.807, 2.05) is 21.0 Å². The number of fused-ring (bicyclic) bond motifs is 2. The van der Waals surface area contributed by atoms with Gasteiger partial charge >= 0.3 is 0 Å². The highest BCUT2D eigenvalue weighted by atomic mass is 16.5. The fourth-order valence-electron chi connectivity index (χ4n) is 4.65. The second kappa shape index (κ2) is 10.5. The summed E-state index contributed by atoms with van der Waals surface area (Å²) in [6, 6.07) is 7.93. The SMILES string of the molecule is CCOc1ccc2c(=O)c3c(oc2c1)C(=O)N(CCCN(C)C)C3c1cc(OC)c(OC)c(OC)c1. The molecule has 0 N–H and O–H groups in total. The van der Waals surface area contributed by atoms with E-state index >= 15 is 0 Å². The summed E-state index contributed by atoms with van der Waals surface area (Å²) in [6.45, 7) is 3.56. The zero-order chi connectivity index (χ0) is 26.0. The van der Waals surface area contributed by atoms with Crippen LogP contribution in [0, 0.1) is 0 Å². The monoisotopic (exact) mass is 496 g/mol. The van der Waals surface area contributed by atoms with E-state index in [0.717, 1.165) is 13.0 Å². The maximum atomic E-state index is 13.8. The van der Waals surface area contributed by atoms with Crippen LogP contribution in [-0.2, 0) is 0 Å². The second-order valence-electron chi connectivity index (χ2n) is 8.78. The number of rotatable bonds is 10. The molecule has 0 aliphatic carbocycles. The molecule has 0 bridgehead atoms. The van der Waals surface area contributed by atoms with Crippen LogP contribution in [0.25, 0.3) is 11.0 Å². The summed E-state index contributed by atoms with van der Waals surface area (Å²) >= 11 is 0. The normalized spacial score (nSPS) is 14.9. The highest BCUT2D eigenvalue weighted by molar-refractivity contribution is 5.99. The summed E-state index contributed by atoms with van der Waals surface area (Å²) in [7, 11) is 8.54. The molecule has 9 nitrogen and oxygen atoms in total. The van der Waals surface area contributed by atoms with Crippen molar-refractivity contribution >= 4 is 16.9 Å². The summed E-state index contributed by atoms with van der Waals surface area (Å²) in [6.07, 6.45) is 0.718. The van der Waals surface area contributed by atoms with Gasteiger partial charge < -0.3 is 33.2 Å². The minimum atomic E-state index is -0.671. The molecule has 2 aromatic carbocycles. The van der Waals surface area contributed by atoms with Crippen molar-refractivity contribution in [1.29, 1.82) is 0 Å². The smallest absolute Gasteiger partial charge is 0.290 e. The number of carbonyl (C=O) groups is 1. The lowest BCUT2D eigenvalue weighted by Gasteiger charge is -2.27. The third-order valence-electron chi connectivity index (χ3n) is 6.26. The summed E-state index contributed by atoms with van der Waals surface area (Å²) in [5, 5.41) is 0.387. The van der Waals surface area contributed by atoms with Crippen LogP contribution in [0.1, 0.15) is 41.1 Å². The summed E-state index contributed by atoms with van der Waals surface area (Å²) < 4.78 is 28.2. The quantitative estimate of drug-likeness (QED) is 0.420. The Hall–Kier alpha value is -3.72. The topological polar surface area (TPSA) is 90.7 Å². The first-order valence-electron chi connectivity index (χ1n) is 11.8. The first kappa shape index (κ1) is 25.4. The molecule has 0 spiro atoms. The second-order valence-corrected chi connectivity index (χ2v) is 8.78. The Morgan fingerprint density at radius 3 is 2.28 bits per heavy atom. The standard InChI is InChI=1S/C27H32N2O7/c1-7-35-17-9-10-18-19(15-17)36-26-22(24(18)30)23(29(27(26)31)12-8-11-28(2)3)16-13-20(32-4)25(34-6)21(14-16)33-5/h9-10,13-15,23H,7-8,11-12H2,1-6H3. The molecule has 1 aliphatic heterocycles. The maximum Gasteiger partial charge on any atom is 0.290 e. The minimum absolute atomic E-state index is 0.0461. The molecule has 0 radical (unpaired) electrons. The number of benzene rings is 2. The number of hydrogen-bond donors (Lipinski definition) is 0. The molecule has 2 heterocycles. The molecule has 4 rings (SSSR count). The third kappa shape index (κ3) is 4.46. The summed E-state index contributed by atoms with van der Waals surface area (Å²) in [5.41, 5.74) is 1.03. The summed E-state index contributed by atoms with van der Waals surface area (Å²) in [5.74, 6) is 1.59. The molecule has 1 unspecified atom stereocenters. The van der Waals surface area contributed by atoms with E-state index in [9.17, 15) is 9.59 Å². The molecule has 3 aromatic rings. The van der Waals surface area contributed by atoms with E-state index in [4.69, 9.17) is 23.4 Å². The first-order valence-corrected chi connectivity index (χ1v) is 11.8. The van der Waals surface area contributed by atoms with E-state index in [1.54, 1.807) is 35.2 Å². The molecule has 1 aromatic heterocycles. The lowest BCUT2D eigenvalue weighted by atomic mass is 9.97. The Morgan fingerprint density at radius 2 is 1.69 bits per heavy atom. The van der Waals surface area contributed by atoms with Crippen LogP contribution in [0.5, 0.6) is 23.0 Å². The fraction of sp³-hybridized carbons (Fsp3) is 0.407. The average molecular weight is 497 g/mol. The Balaban J connectivity index is 1.92. The highest BCUT2D eigenvalue weighted by Crippen LogP contribution is 2.45. The maximum absolute atomic E-state index is 13.8. The number of carbonyl (C=O) groups excluding carboxylic acids is 1. The van der Waals surface area contributed by atoms with Gasteiger partial charge in [-0.3, -0.25) is 9.59 Å². The molecular weight excluding hydrogens is 464 g/mol. The van der Waals surface area contributed by atoms with Crippen LogP contribution >= 0.6 is 0 Å². The van der Waals surface area contributed by atoms with Crippen molar-refractivity contribution in [1.82, 2.24) is 9.80 Å². The predicted molar refractivity (Wildman–Crippen MR) is 136 cm³/mol. The van der Waals surface area contributed by atoms with E-state index < -0.39 is 6.04 Å². The minimum Gasteiger partial charge on any atom is -0.494 e. The van der Waals surface area contributed by atoms with Crippen LogP contribution < -0.4 is 24.4 Å². The molecule has 0 saturated heterocycles. The number of methoxy groups -OCH3 is 3. The van der Waals surface area contributed by atoms with Crippen LogP contribution in [0.2, 0.25) is 0 Å². The van der Waals surface area contributed by atoms with Crippen LogP contribution in [0.4, 0.5) is 0 Å². The van der Waals surface area contributed by atoms with E-state index in [2.05, 4.69) is 4.90 Å². The molecular formula is C27H32N2O7. The lowest BCUT2D eigenvalue weighted by molar-refractivity contribution is 0.0721. The first-order chi connectivity index (χ1) is 17.3. The number of amides is 1. The molecule has 1 atom stereocenters. The van der Waals surface area contributed by atoms with E-state index in [0.29, 0.717) is 58.2 Å². The van der Waals surface area contributed by atoms with Crippen molar-refractivity contribution in [3.63, 3.8) is 0 Å². The van der Waals surface area contributed by atoms with Crippen molar-refractivity contribution < 1.29 is 28.2 Å². The Bertz CT molecular complexity index is 1310. The van der Waals surface area contributed by atoms with Crippen molar-refractivity contribution in [2.24, 2.45) is 0 Å². The van der Waals surface area contributed by atoms with Crippen LogP contribution in [-0.4, -0.2) is 70.8 Å². The van der Waals surface area contributed by atoms with Gasteiger partial charge in [0.1, 0.15) is 11.3 Å². The zero-order valence-electron chi connectivity index (χ0n) is 21.5. The summed E-state index contributed by atoms with van der Waals surface area (Å²) in [4.78, 5) is 31.2. The molecule has 36 heavy (non-hydrogen) atoms. The lowest BCUT2D eigenvalue weighted by Crippen LogP contribution is -2.32. The van der Waals surface area contributed by atoms with E-state index in [1.165, 1.54) is 21.3 Å². The van der Waals surface area contributed by atoms with Gasteiger partial charge in [0.15, 0.2) is 16.9 Å². The van der Waals surface area contributed by atoms with Gasteiger partial charge in [-0.2, -0.15) is 0 Å². The number of nitrogens with zero attached hydrogens (tertiary/aromatic N) is 2. The Morgan fingerprint density at radius 1 is 1.00 bits per heavy atom. The highest BCUT2D eigenvalue weighted by Gasteiger charge is 2.43. The Kier molecular flexibility index (Phi) is 7.40.